The van der Waals surface area contributed by atoms with Gasteiger partial charge in [0.1, 0.15) is 5.75 Å². The smallest absolute Gasteiger partial charge is 0.307 e. The van der Waals surface area contributed by atoms with Gasteiger partial charge < -0.3 is 9.84 Å². The summed E-state index contributed by atoms with van der Waals surface area (Å²) < 4.78 is 5.27. The molecular formula is C10H11ClO3. The van der Waals surface area contributed by atoms with Crippen LogP contribution in [0.4, 0.5) is 0 Å². The van der Waals surface area contributed by atoms with Crippen molar-refractivity contribution in [1.29, 1.82) is 0 Å². The normalized spacial score (nSPS) is 9.86. The average Bonchev–Trinajstić information content (AvgIpc) is 2.10. The van der Waals surface area contributed by atoms with Gasteiger partial charge in [-0.05, 0) is 13.0 Å². The van der Waals surface area contributed by atoms with E-state index < -0.39 is 5.97 Å². The number of carboxylic acid groups (broad SMARTS) is 1. The number of carboxylic acids is 1. The standard InChI is InChI=1S/C10H11ClO3/c1-2-14-10-7(6-9(12)13)4-3-5-8(10)11/h3-5H,2,6H2,1H3,(H,12,13). The minimum Gasteiger partial charge on any atom is -0.492 e. The monoisotopic (exact) mass is 214 g/mol. The highest BCUT2D eigenvalue weighted by atomic mass is 35.5. The second-order valence-electron chi connectivity index (χ2n) is 2.73. The zero-order valence-electron chi connectivity index (χ0n) is 7.79. The van der Waals surface area contributed by atoms with Gasteiger partial charge in [0.15, 0.2) is 0 Å². The largest absolute Gasteiger partial charge is 0.492 e. The van der Waals surface area contributed by atoms with Crippen molar-refractivity contribution in [3.05, 3.63) is 28.8 Å². The fourth-order valence-electron chi connectivity index (χ4n) is 1.16. The summed E-state index contributed by atoms with van der Waals surface area (Å²) in [6, 6.07) is 5.09. The first-order chi connectivity index (χ1) is 6.65. The van der Waals surface area contributed by atoms with Gasteiger partial charge in [-0.1, -0.05) is 23.7 Å². The first-order valence-electron chi connectivity index (χ1n) is 4.27. The lowest BCUT2D eigenvalue weighted by atomic mass is 10.1. The van der Waals surface area contributed by atoms with E-state index in [1.165, 1.54) is 0 Å². The minimum atomic E-state index is -0.895. The number of ether oxygens (including phenoxy) is 1. The molecule has 0 aromatic heterocycles. The van der Waals surface area contributed by atoms with Crippen LogP contribution in [0, 0.1) is 0 Å². The number of hydrogen-bond acceptors (Lipinski definition) is 2. The topological polar surface area (TPSA) is 46.5 Å². The fourth-order valence-corrected chi connectivity index (χ4v) is 1.41. The molecule has 0 unspecified atom stereocenters. The number of para-hydroxylation sites is 1. The zero-order chi connectivity index (χ0) is 10.6. The van der Waals surface area contributed by atoms with Gasteiger partial charge in [0.25, 0.3) is 0 Å². The fraction of sp³-hybridized carbons (Fsp3) is 0.300. The predicted molar refractivity (Wildman–Crippen MR) is 54.0 cm³/mol. The molecule has 3 nitrogen and oxygen atoms in total. The molecule has 0 aliphatic carbocycles. The SMILES string of the molecule is CCOc1c(Cl)cccc1CC(=O)O. The van der Waals surface area contributed by atoms with Crippen LogP contribution in [0.2, 0.25) is 5.02 Å². The Morgan fingerprint density at radius 2 is 2.29 bits per heavy atom. The van der Waals surface area contributed by atoms with Gasteiger partial charge >= 0.3 is 5.97 Å². The Morgan fingerprint density at radius 1 is 1.57 bits per heavy atom. The highest BCUT2D eigenvalue weighted by Gasteiger charge is 2.10. The zero-order valence-corrected chi connectivity index (χ0v) is 8.54. The highest BCUT2D eigenvalue weighted by Crippen LogP contribution is 2.28. The molecule has 0 fully saturated rings. The van der Waals surface area contributed by atoms with Crippen LogP contribution >= 0.6 is 11.6 Å². The van der Waals surface area contributed by atoms with E-state index >= 15 is 0 Å². The third-order valence-electron chi connectivity index (χ3n) is 1.68. The molecule has 0 atom stereocenters. The maximum Gasteiger partial charge on any atom is 0.307 e. The van der Waals surface area contributed by atoms with E-state index in [-0.39, 0.29) is 6.42 Å². The summed E-state index contributed by atoms with van der Waals surface area (Å²) in [5, 5.41) is 9.10. The van der Waals surface area contributed by atoms with Gasteiger partial charge in [0, 0.05) is 5.56 Å². The molecule has 0 saturated heterocycles. The van der Waals surface area contributed by atoms with Crippen LogP contribution in [-0.2, 0) is 11.2 Å². The minimum absolute atomic E-state index is 0.0735. The third-order valence-corrected chi connectivity index (χ3v) is 1.98. The molecule has 4 heteroatoms. The molecule has 0 bridgehead atoms. The van der Waals surface area contributed by atoms with Crippen molar-refractivity contribution in [1.82, 2.24) is 0 Å². The Morgan fingerprint density at radius 3 is 2.86 bits per heavy atom. The van der Waals surface area contributed by atoms with Crippen LogP contribution in [0.25, 0.3) is 0 Å². The van der Waals surface area contributed by atoms with E-state index in [0.717, 1.165) is 0 Å². The summed E-state index contributed by atoms with van der Waals surface area (Å²) in [7, 11) is 0. The molecule has 0 aliphatic heterocycles. The molecule has 0 saturated carbocycles. The van der Waals surface area contributed by atoms with Crippen molar-refractivity contribution in [3.63, 3.8) is 0 Å². The van der Waals surface area contributed by atoms with E-state index in [2.05, 4.69) is 0 Å². The number of carbonyl (C=O) groups is 1. The summed E-state index contributed by atoms with van der Waals surface area (Å²) >= 11 is 5.87. The van der Waals surface area contributed by atoms with E-state index in [1.54, 1.807) is 18.2 Å². The van der Waals surface area contributed by atoms with Crippen LogP contribution < -0.4 is 4.74 Å². The van der Waals surface area contributed by atoms with Crippen molar-refractivity contribution in [3.8, 4) is 5.75 Å². The Bertz CT molecular complexity index is 336. The molecule has 1 aromatic rings. The summed E-state index contributed by atoms with van der Waals surface area (Å²) in [6.07, 6.45) is -0.0735. The average molecular weight is 215 g/mol. The molecule has 0 spiro atoms. The maximum atomic E-state index is 10.5. The van der Waals surface area contributed by atoms with Crippen molar-refractivity contribution in [2.75, 3.05) is 6.61 Å². The molecule has 0 aliphatic rings. The van der Waals surface area contributed by atoms with Crippen molar-refractivity contribution >= 4 is 17.6 Å². The van der Waals surface area contributed by atoms with Gasteiger partial charge in [-0.2, -0.15) is 0 Å². The maximum absolute atomic E-state index is 10.5. The van der Waals surface area contributed by atoms with E-state index in [1.807, 2.05) is 6.92 Å². The molecule has 1 N–H and O–H groups in total. The lowest BCUT2D eigenvalue weighted by Crippen LogP contribution is -2.04. The number of benzene rings is 1. The third kappa shape index (κ3) is 2.64. The molecule has 0 heterocycles. The molecule has 0 radical (unpaired) electrons. The number of rotatable bonds is 4. The Balaban J connectivity index is 3.01. The molecular weight excluding hydrogens is 204 g/mol. The summed E-state index contributed by atoms with van der Waals surface area (Å²) in [5.74, 6) is -0.424. The van der Waals surface area contributed by atoms with Gasteiger partial charge in [0.2, 0.25) is 0 Å². The van der Waals surface area contributed by atoms with Crippen LogP contribution in [0.15, 0.2) is 18.2 Å². The lowest BCUT2D eigenvalue weighted by molar-refractivity contribution is -0.136. The van der Waals surface area contributed by atoms with Gasteiger partial charge in [-0.15, -0.1) is 0 Å². The van der Waals surface area contributed by atoms with Crippen molar-refractivity contribution in [2.24, 2.45) is 0 Å². The molecule has 14 heavy (non-hydrogen) atoms. The van der Waals surface area contributed by atoms with E-state index in [9.17, 15) is 4.79 Å². The van der Waals surface area contributed by atoms with Crippen molar-refractivity contribution < 1.29 is 14.6 Å². The van der Waals surface area contributed by atoms with Crippen LogP contribution in [0.3, 0.4) is 0 Å². The predicted octanol–water partition coefficient (Wildman–Crippen LogP) is 2.37. The van der Waals surface area contributed by atoms with Crippen molar-refractivity contribution in [2.45, 2.75) is 13.3 Å². The lowest BCUT2D eigenvalue weighted by Gasteiger charge is -2.09. The Hall–Kier alpha value is -1.22. The highest BCUT2D eigenvalue weighted by molar-refractivity contribution is 6.32. The Labute approximate surface area is 87.3 Å². The van der Waals surface area contributed by atoms with Crippen LogP contribution in [0.1, 0.15) is 12.5 Å². The summed E-state index contributed by atoms with van der Waals surface area (Å²) in [4.78, 5) is 10.5. The summed E-state index contributed by atoms with van der Waals surface area (Å²) in [6.45, 7) is 2.30. The number of aliphatic carboxylic acids is 1. The quantitative estimate of drug-likeness (QED) is 0.837. The first kappa shape index (κ1) is 10.9. The summed E-state index contributed by atoms with van der Waals surface area (Å²) in [5.41, 5.74) is 0.604. The van der Waals surface area contributed by atoms with E-state index in [0.29, 0.717) is 22.9 Å². The Kier molecular flexibility index (Phi) is 3.77. The van der Waals surface area contributed by atoms with Gasteiger partial charge in [-0.25, -0.2) is 0 Å². The first-order valence-corrected chi connectivity index (χ1v) is 4.65. The second kappa shape index (κ2) is 4.86. The second-order valence-corrected chi connectivity index (χ2v) is 3.14. The van der Waals surface area contributed by atoms with Crippen LogP contribution in [-0.4, -0.2) is 17.7 Å². The van der Waals surface area contributed by atoms with Gasteiger partial charge in [-0.3, -0.25) is 4.79 Å². The molecule has 0 amide bonds. The van der Waals surface area contributed by atoms with Gasteiger partial charge in [0.05, 0.1) is 18.1 Å². The number of halogens is 1. The van der Waals surface area contributed by atoms with Crippen LogP contribution in [0.5, 0.6) is 5.75 Å². The number of hydrogen-bond donors (Lipinski definition) is 1. The molecule has 1 rings (SSSR count). The molecule has 76 valence electrons. The van der Waals surface area contributed by atoms with E-state index in [4.69, 9.17) is 21.4 Å². The molecule has 1 aromatic carbocycles.